The summed E-state index contributed by atoms with van der Waals surface area (Å²) >= 11 is 0. The van der Waals surface area contributed by atoms with Crippen molar-refractivity contribution in [1.29, 1.82) is 0 Å². The fourth-order valence-corrected chi connectivity index (χ4v) is 2.21. The molecule has 0 radical (unpaired) electrons. The lowest BCUT2D eigenvalue weighted by Gasteiger charge is -2.23. The second kappa shape index (κ2) is 5.25. The van der Waals surface area contributed by atoms with Crippen LogP contribution in [0.1, 0.15) is 12.0 Å². The molecule has 3 rings (SSSR count). The number of carbonyl (C=O) groups is 1. The lowest BCUT2D eigenvalue weighted by molar-refractivity contribution is -0.145. The van der Waals surface area contributed by atoms with Crippen molar-refractivity contribution in [2.45, 2.75) is 18.9 Å². The van der Waals surface area contributed by atoms with Gasteiger partial charge in [0.2, 0.25) is 0 Å². The standard InChI is InChI=1S/C16H14O4/c17-16(18)14-9-7-11-6-8-13(10-15(11)20-14)19-12-4-2-1-3-5-12/h1-6,8,10,14H,7,9H2,(H,17,18). The highest BCUT2D eigenvalue weighted by molar-refractivity contribution is 5.73. The van der Waals surface area contributed by atoms with Gasteiger partial charge >= 0.3 is 5.97 Å². The van der Waals surface area contributed by atoms with Crippen LogP contribution in [0.5, 0.6) is 17.2 Å². The summed E-state index contributed by atoms with van der Waals surface area (Å²) < 4.78 is 11.2. The predicted molar refractivity (Wildman–Crippen MR) is 73.3 cm³/mol. The van der Waals surface area contributed by atoms with E-state index in [1.54, 1.807) is 6.07 Å². The van der Waals surface area contributed by atoms with Crippen LogP contribution in [-0.4, -0.2) is 17.2 Å². The van der Waals surface area contributed by atoms with Crippen molar-refractivity contribution in [2.24, 2.45) is 0 Å². The van der Waals surface area contributed by atoms with Crippen molar-refractivity contribution in [3.63, 3.8) is 0 Å². The van der Waals surface area contributed by atoms with Crippen molar-refractivity contribution < 1.29 is 19.4 Å². The summed E-state index contributed by atoms with van der Waals surface area (Å²) in [5.74, 6) is 1.04. The van der Waals surface area contributed by atoms with E-state index in [4.69, 9.17) is 14.6 Å². The molecule has 102 valence electrons. The fourth-order valence-electron chi connectivity index (χ4n) is 2.21. The zero-order chi connectivity index (χ0) is 13.9. The number of benzene rings is 2. The minimum atomic E-state index is -0.926. The Morgan fingerprint density at radius 2 is 1.95 bits per heavy atom. The van der Waals surface area contributed by atoms with Crippen LogP contribution in [0, 0.1) is 0 Å². The highest BCUT2D eigenvalue weighted by atomic mass is 16.5. The maximum atomic E-state index is 11.0. The highest BCUT2D eigenvalue weighted by Gasteiger charge is 2.25. The summed E-state index contributed by atoms with van der Waals surface area (Å²) in [4.78, 5) is 11.0. The first-order valence-corrected chi connectivity index (χ1v) is 6.47. The van der Waals surface area contributed by atoms with Gasteiger partial charge in [-0.3, -0.25) is 0 Å². The number of rotatable bonds is 3. The van der Waals surface area contributed by atoms with Gasteiger partial charge in [-0.2, -0.15) is 0 Å². The van der Waals surface area contributed by atoms with Crippen LogP contribution in [0.25, 0.3) is 0 Å². The Kier molecular flexibility index (Phi) is 3.29. The van der Waals surface area contributed by atoms with Crippen molar-refractivity contribution in [3.8, 4) is 17.2 Å². The van der Waals surface area contributed by atoms with Crippen LogP contribution in [-0.2, 0) is 11.2 Å². The van der Waals surface area contributed by atoms with Crippen LogP contribution in [0.3, 0.4) is 0 Å². The third-order valence-corrected chi connectivity index (χ3v) is 3.24. The first kappa shape index (κ1) is 12.5. The first-order chi connectivity index (χ1) is 9.72. The Morgan fingerprint density at radius 3 is 2.70 bits per heavy atom. The molecule has 0 aliphatic carbocycles. The van der Waals surface area contributed by atoms with Gasteiger partial charge in [-0.05, 0) is 36.6 Å². The van der Waals surface area contributed by atoms with Crippen molar-refractivity contribution in [2.75, 3.05) is 0 Å². The van der Waals surface area contributed by atoms with Gasteiger partial charge in [0, 0.05) is 6.07 Å². The molecule has 0 bridgehead atoms. The molecule has 0 aromatic heterocycles. The molecule has 1 aliphatic heterocycles. The minimum Gasteiger partial charge on any atom is -0.479 e. The third-order valence-electron chi connectivity index (χ3n) is 3.24. The lowest BCUT2D eigenvalue weighted by Crippen LogP contribution is -2.30. The molecule has 2 aromatic carbocycles. The largest absolute Gasteiger partial charge is 0.479 e. The number of ether oxygens (including phenoxy) is 2. The van der Waals surface area contributed by atoms with Gasteiger partial charge in [0.25, 0.3) is 0 Å². The molecule has 1 atom stereocenters. The molecule has 1 N–H and O–H groups in total. The third kappa shape index (κ3) is 2.59. The van der Waals surface area contributed by atoms with Gasteiger partial charge < -0.3 is 14.6 Å². The van der Waals surface area contributed by atoms with Crippen LogP contribution in [0.2, 0.25) is 0 Å². The number of para-hydroxylation sites is 1. The van der Waals surface area contributed by atoms with Gasteiger partial charge in [0.05, 0.1) is 0 Å². The van der Waals surface area contributed by atoms with Crippen LogP contribution in [0.15, 0.2) is 48.5 Å². The molecule has 0 saturated carbocycles. The van der Waals surface area contributed by atoms with E-state index in [1.807, 2.05) is 42.5 Å². The summed E-state index contributed by atoms with van der Waals surface area (Å²) in [7, 11) is 0. The van der Waals surface area contributed by atoms with Crippen LogP contribution in [0.4, 0.5) is 0 Å². The molecule has 20 heavy (non-hydrogen) atoms. The Morgan fingerprint density at radius 1 is 1.15 bits per heavy atom. The number of aryl methyl sites for hydroxylation is 1. The molecule has 4 nitrogen and oxygen atoms in total. The zero-order valence-electron chi connectivity index (χ0n) is 10.8. The summed E-state index contributed by atoms with van der Waals surface area (Å²) in [5, 5.41) is 9.01. The molecule has 0 fully saturated rings. The number of hydrogen-bond donors (Lipinski definition) is 1. The summed E-state index contributed by atoms with van der Waals surface area (Å²) in [6, 6.07) is 15.0. The molecular formula is C16H14O4. The van der Waals surface area contributed by atoms with Gasteiger partial charge in [0.15, 0.2) is 6.10 Å². The molecule has 2 aromatic rings. The Hall–Kier alpha value is -2.49. The number of carboxylic acids is 1. The number of hydrogen-bond acceptors (Lipinski definition) is 3. The Bertz CT molecular complexity index is 622. The second-order valence-corrected chi connectivity index (χ2v) is 4.67. The van der Waals surface area contributed by atoms with E-state index < -0.39 is 12.1 Å². The number of aliphatic carboxylic acids is 1. The fraction of sp³-hybridized carbons (Fsp3) is 0.188. The average Bonchev–Trinajstić information content (AvgIpc) is 2.47. The molecule has 0 saturated heterocycles. The molecule has 0 amide bonds. The van der Waals surface area contributed by atoms with E-state index in [-0.39, 0.29) is 0 Å². The van der Waals surface area contributed by atoms with E-state index in [0.29, 0.717) is 24.3 Å². The Labute approximate surface area is 116 Å². The van der Waals surface area contributed by atoms with Gasteiger partial charge in [-0.1, -0.05) is 24.3 Å². The van der Waals surface area contributed by atoms with Crippen LogP contribution < -0.4 is 9.47 Å². The molecule has 4 heteroatoms. The van der Waals surface area contributed by atoms with E-state index in [1.165, 1.54) is 0 Å². The monoisotopic (exact) mass is 270 g/mol. The average molecular weight is 270 g/mol. The first-order valence-electron chi connectivity index (χ1n) is 6.47. The van der Waals surface area contributed by atoms with Crippen molar-refractivity contribution >= 4 is 5.97 Å². The molecule has 1 aliphatic rings. The predicted octanol–water partition coefficient (Wildman–Crippen LogP) is 3.26. The minimum absolute atomic E-state index is 0.501. The lowest BCUT2D eigenvalue weighted by atomic mass is 10.0. The second-order valence-electron chi connectivity index (χ2n) is 4.67. The van der Waals surface area contributed by atoms with E-state index in [0.717, 1.165) is 11.3 Å². The Balaban J connectivity index is 1.82. The van der Waals surface area contributed by atoms with Gasteiger partial charge in [-0.25, -0.2) is 4.79 Å². The summed E-state index contributed by atoms with van der Waals surface area (Å²) in [6.45, 7) is 0. The number of fused-ring (bicyclic) bond motifs is 1. The summed E-state index contributed by atoms with van der Waals surface area (Å²) in [6.07, 6.45) is 0.438. The smallest absolute Gasteiger partial charge is 0.344 e. The maximum Gasteiger partial charge on any atom is 0.344 e. The van der Waals surface area contributed by atoms with Gasteiger partial charge in [-0.15, -0.1) is 0 Å². The van der Waals surface area contributed by atoms with E-state index in [2.05, 4.69) is 0 Å². The maximum absolute atomic E-state index is 11.0. The molecule has 0 spiro atoms. The van der Waals surface area contributed by atoms with Crippen molar-refractivity contribution in [3.05, 3.63) is 54.1 Å². The van der Waals surface area contributed by atoms with E-state index >= 15 is 0 Å². The molecule has 1 unspecified atom stereocenters. The quantitative estimate of drug-likeness (QED) is 0.930. The van der Waals surface area contributed by atoms with Crippen LogP contribution >= 0.6 is 0 Å². The topological polar surface area (TPSA) is 55.8 Å². The van der Waals surface area contributed by atoms with Gasteiger partial charge in [0.1, 0.15) is 17.2 Å². The summed E-state index contributed by atoms with van der Waals surface area (Å²) in [5.41, 5.74) is 1.02. The molecule has 1 heterocycles. The number of carboxylic acid groups (broad SMARTS) is 1. The zero-order valence-corrected chi connectivity index (χ0v) is 10.8. The molecular weight excluding hydrogens is 256 g/mol. The SMILES string of the molecule is O=C(O)C1CCc2ccc(Oc3ccccc3)cc2O1. The normalized spacial score (nSPS) is 16.9. The highest BCUT2D eigenvalue weighted by Crippen LogP contribution is 2.33. The van der Waals surface area contributed by atoms with Crippen molar-refractivity contribution in [1.82, 2.24) is 0 Å². The van der Waals surface area contributed by atoms with E-state index in [9.17, 15) is 4.79 Å².